The predicted octanol–water partition coefficient (Wildman–Crippen LogP) is 3.20. The maximum atomic E-state index is 13.7. The van der Waals surface area contributed by atoms with E-state index in [2.05, 4.69) is 0 Å². The number of nitrogens with zero attached hydrogens (tertiary/aromatic N) is 1. The number of methoxy groups -OCH3 is 1. The Kier molecular flexibility index (Phi) is 9.05. The van der Waals surface area contributed by atoms with Crippen molar-refractivity contribution in [2.45, 2.75) is 51.4 Å². The van der Waals surface area contributed by atoms with Crippen LogP contribution in [-0.2, 0) is 33.3 Å². The Bertz CT molecular complexity index is 1340. The summed E-state index contributed by atoms with van der Waals surface area (Å²) in [6, 6.07) is 7.28. The number of hydrogen-bond acceptors (Lipinski definition) is 11. The first-order chi connectivity index (χ1) is 19.4. The fourth-order valence-corrected chi connectivity index (χ4v) is 4.89. The van der Waals surface area contributed by atoms with E-state index in [4.69, 9.17) is 51.6 Å². The third-order valence-corrected chi connectivity index (χ3v) is 6.96. The van der Waals surface area contributed by atoms with E-state index in [-0.39, 0.29) is 26.9 Å². The number of hydrogen-bond donors (Lipinski definition) is 0. The van der Waals surface area contributed by atoms with Crippen LogP contribution in [0.15, 0.2) is 36.4 Å². The Labute approximate surface area is 244 Å². The van der Waals surface area contributed by atoms with E-state index in [1.807, 2.05) is 0 Å². The maximum Gasteiger partial charge on any atom is 0.303 e. The number of rotatable bonds is 8. The van der Waals surface area contributed by atoms with Gasteiger partial charge in [0.15, 0.2) is 12.2 Å². The third kappa shape index (κ3) is 6.39. The molecule has 12 nitrogen and oxygen atoms in total. The predicted molar refractivity (Wildman–Crippen MR) is 141 cm³/mol. The second-order valence-corrected chi connectivity index (χ2v) is 9.88. The molecule has 14 heteroatoms. The maximum absolute atomic E-state index is 13.7. The number of ether oxygens (including phenoxy) is 6. The molecule has 0 saturated carbocycles. The molecule has 2 amide bonds. The highest BCUT2D eigenvalue weighted by Gasteiger charge is 2.58. The fraction of sp³-hybridized carbons (Fsp3) is 0.370. The summed E-state index contributed by atoms with van der Waals surface area (Å²) in [6.07, 6.45) is -5.67. The van der Waals surface area contributed by atoms with Gasteiger partial charge < -0.3 is 28.4 Å². The van der Waals surface area contributed by atoms with Crippen LogP contribution in [0.1, 0.15) is 41.5 Å². The van der Waals surface area contributed by atoms with Gasteiger partial charge >= 0.3 is 17.9 Å². The van der Waals surface area contributed by atoms with Gasteiger partial charge in [-0.2, -0.15) is 0 Å². The van der Waals surface area contributed by atoms with Gasteiger partial charge in [0.05, 0.1) is 28.3 Å². The van der Waals surface area contributed by atoms with Gasteiger partial charge in [0.1, 0.15) is 30.3 Å². The lowest BCUT2D eigenvalue weighted by atomic mass is 9.94. The molecular formula is C27H25Cl2NO11. The Hall–Kier alpha value is -3.87. The molecule has 4 rings (SSSR count). The average Bonchev–Trinajstić information content (AvgIpc) is 3.13. The SMILES string of the molecule is COc1ccc(O[C@@H]2O[C@H](COC(C)=O)[C@@H](OC(C)=O)[C@H](OC(C)=O)[C@H]2N2C(=O)c3cc(Cl)c(Cl)cc3C2=O)cc1. The van der Waals surface area contributed by atoms with Crippen molar-refractivity contribution in [2.24, 2.45) is 0 Å². The molecule has 0 aliphatic carbocycles. The number of amides is 2. The summed E-state index contributed by atoms with van der Waals surface area (Å²) in [5.41, 5.74) is -0.111. The van der Waals surface area contributed by atoms with Gasteiger partial charge in [-0.3, -0.25) is 28.9 Å². The lowest BCUT2D eigenvalue weighted by Gasteiger charge is -2.46. The summed E-state index contributed by atoms with van der Waals surface area (Å²) >= 11 is 12.2. The van der Waals surface area contributed by atoms with Crippen molar-refractivity contribution < 1.29 is 52.4 Å². The van der Waals surface area contributed by atoms with Crippen LogP contribution in [0.25, 0.3) is 0 Å². The van der Waals surface area contributed by atoms with Crippen molar-refractivity contribution >= 4 is 52.9 Å². The van der Waals surface area contributed by atoms with Gasteiger partial charge in [-0.25, -0.2) is 0 Å². The molecule has 0 radical (unpaired) electrons. The van der Waals surface area contributed by atoms with E-state index in [1.165, 1.54) is 19.2 Å². The van der Waals surface area contributed by atoms with Crippen molar-refractivity contribution in [1.29, 1.82) is 0 Å². The van der Waals surface area contributed by atoms with Gasteiger partial charge in [0, 0.05) is 20.8 Å². The molecule has 2 aromatic rings. The Morgan fingerprint density at radius 2 is 1.34 bits per heavy atom. The smallest absolute Gasteiger partial charge is 0.303 e. The summed E-state index contributed by atoms with van der Waals surface area (Å²) in [5, 5.41) is 0.0743. The highest BCUT2D eigenvalue weighted by Crippen LogP contribution is 2.38. The Balaban J connectivity index is 1.84. The van der Waals surface area contributed by atoms with E-state index in [9.17, 15) is 24.0 Å². The van der Waals surface area contributed by atoms with Gasteiger partial charge in [0.2, 0.25) is 6.29 Å². The first-order valence-corrected chi connectivity index (χ1v) is 13.0. The molecule has 0 unspecified atom stereocenters. The summed E-state index contributed by atoms with van der Waals surface area (Å²) in [6.45, 7) is 2.93. The van der Waals surface area contributed by atoms with E-state index in [0.29, 0.717) is 5.75 Å². The van der Waals surface area contributed by atoms with Crippen LogP contribution in [0.3, 0.4) is 0 Å². The Morgan fingerprint density at radius 3 is 1.83 bits per heavy atom. The third-order valence-electron chi connectivity index (χ3n) is 6.24. The summed E-state index contributed by atoms with van der Waals surface area (Å²) < 4.78 is 33.5. The molecule has 0 spiro atoms. The van der Waals surface area contributed by atoms with Gasteiger partial charge in [-0.1, -0.05) is 23.2 Å². The van der Waals surface area contributed by atoms with Crippen LogP contribution in [0.4, 0.5) is 0 Å². The first kappa shape index (κ1) is 30.1. The van der Waals surface area contributed by atoms with Crippen molar-refractivity contribution in [3.05, 3.63) is 57.6 Å². The number of halogens is 2. The van der Waals surface area contributed by atoms with E-state index in [0.717, 1.165) is 25.7 Å². The second-order valence-electron chi connectivity index (χ2n) is 9.07. The molecule has 2 aliphatic rings. The van der Waals surface area contributed by atoms with Crippen molar-refractivity contribution in [3.63, 3.8) is 0 Å². The summed E-state index contributed by atoms with van der Waals surface area (Å²) in [7, 11) is 1.48. The highest BCUT2D eigenvalue weighted by molar-refractivity contribution is 6.43. The second kappa shape index (κ2) is 12.3. The molecule has 1 fully saturated rings. The lowest BCUT2D eigenvalue weighted by Crippen LogP contribution is -2.68. The largest absolute Gasteiger partial charge is 0.497 e. The van der Waals surface area contributed by atoms with Gasteiger partial charge in [0.25, 0.3) is 11.8 Å². The molecule has 0 N–H and O–H groups in total. The van der Waals surface area contributed by atoms with Crippen molar-refractivity contribution in [1.82, 2.24) is 4.90 Å². The van der Waals surface area contributed by atoms with Crippen LogP contribution in [-0.4, -0.2) is 79.0 Å². The first-order valence-electron chi connectivity index (χ1n) is 12.2. The molecular weight excluding hydrogens is 585 g/mol. The molecule has 41 heavy (non-hydrogen) atoms. The summed E-state index contributed by atoms with van der Waals surface area (Å²) in [5.74, 6) is -3.15. The van der Waals surface area contributed by atoms with Crippen LogP contribution < -0.4 is 9.47 Å². The van der Waals surface area contributed by atoms with Crippen LogP contribution >= 0.6 is 23.2 Å². The zero-order valence-corrected chi connectivity index (χ0v) is 23.8. The number of carbonyl (C=O) groups excluding carboxylic acids is 5. The zero-order valence-electron chi connectivity index (χ0n) is 22.3. The molecule has 218 valence electrons. The minimum absolute atomic E-state index is 0.0371. The molecule has 0 aromatic heterocycles. The lowest BCUT2D eigenvalue weighted by molar-refractivity contribution is -0.265. The quantitative estimate of drug-likeness (QED) is 0.247. The van der Waals surface area contributed by atoms with Crippen molar-refractivity contribution in [2.75, 3.05) is 13.7 Å². The number of carbonyl (C=O) groups is 5. The van der Waals surface area contributed by atoms with Gasteiger partial charge in [-0.05, 0) is 36.4 Å². The van der Waals surface area contributed by atoms with E-state index < -0.39 is 67.0 Å². The number of imide groups is 1. The molecule has 2 aromatic carbocycles. The average molecular weight is 610 g/mol. The van der Waals surface area contributed by atoms with Crippen LogP contribution in [0.2, 0.25) is 10.0 Å². The highest BCUT2D eigenvalue weighted by atomic mass is 35.5. The molecule has 5 atom stereocenters. The van der Waals surface area contributed by atoms with Gasteiger partial charge in [-0.15, -0.1) is 0 Å². The minimum Gasteiger partial charge on any atom is -0.497 e. The van der Waals surface area contributed by atoms with Crippen molar-refractivity contribution in [3.8, 4) is 11.5 Å². The molecule has 0 bridgehead atoms. The van der Waals surface area contributed by atoms with Crippen LogP contribution in [0, 0.1) is 0 Å². The minimum atomic E-state index is -1.51. The number of esters is 3. The molecule has 1 saturated heterocycles. The van der Waals surface area contributed by atoms with E-state index >= 15 is 0 Å². The van der Waals surface area contributed by atoms with Crippen LogP contribution in [0.5, 0.6) is 11.5 Å². The normalized spacial score (nSPS) is 23.5. The van der Waals surface area contributed by atoms with E-state index in [1.54, 1.807) is 24.3 Å². The topological polar surface area (TPSA) is 144 Å². The number of benzene rings is 2. The molecule has 2 aliphatic heterocycles. The standard InChI is InChI=1S/C27H25Cl2NO11/c1-12(31)37-11-21-23(38-13(2)32)24(39-14(3)33)22(27(41-21)40-16-7-5-15(36-4)6-8-16)30-25(34)17-9-19(28)20(29)10-18(17)26(30)35/h5-10,21-24,27H,11H2,1-4H3/t21-,22-,23-,24-,27-/m1/s1. The fourth-order valence-electron chi connectivity index (χ4n) is 4.57. The molecule has 2 heterocycles. The monoisotopic (exact) mass is 609 g/mol. The summed E-state index contributed by atoms with van der Waals surface area (Å²) in [4.78, 5) is 64.2. The number of fused-ring (bicyclic) bond motifs is 1. The zero-order chi connectivity index (χ0) is 30.0. The Morgan fingerprint density at radius 1 is 0.829 bits per heavy atom.